The van der Waals surface area contributed by atoms with Crippen molar-refractivity contribution >= 4 is 11.9 Å². The smallest absolute Gasteiger partial charge is 0.306 e. The van der Waals surface area contributed by atoms with E-state index in [0.717, 1.165) is 44.9 Å². The van der Waals surface area contributed by atoms with Crippen LogP contribution in [0.2, 0.25) is 0 Å². The third-order valence-electron chi connectivity index (χ3n) is 10.5. The molecule has 0 bridgehead atoms. The molecular formula is C47H84O10. The number of esters is 2. The van der Waals surface area contributed by atoms with Crippen LogP contribution in [0, 0.1) is 0 Å². The largest absolute Gasteiger partial charge is 0.462 e. The van der Waals surface area contributed by atoms with Crippen molar-refractivity contribution in [3.63, 3.8) is 0 Å². The average molecular weight is 809 g/mol. The van der Waals surface area contributed by atoms with Gasteiger partial charge >= 0.3 is 11.9 Å². The second kappa shape index (κ2) is 38.1. The molecule has 0 aliphatic carbocycles. The second-order valence-electron chi connectivity index (χ2n) is 15.9. The average Bonchev–Trinajstić information content (AvgIpc) is 3.21. The summed E-state index contributed by atoms with van der Waals surface area (Å²) in [6.07, 6.45) is 35.8. The van der Waals surface area contributed by atoms with Crippen LogP contribution in [0.3, 0.4) is 0 Å². The number of aliphatic hydroxyl groups is 4. The molecule has 0 amide bonds. The van der Waals surface area contributed by atoms with E-state index in [-0.39, 0.29) is 26.1 Å². The quantitative estimate of drug-likeness (QED) is 0.0270. The van der Waals surface area contributed by atoms with Crippen LogP contribution in [0.1, 0.15) is 194 Å². The topological polar surface area (TPSA) is 152 Å². The van der Waals surface area contributed by atoms with Crippen molar-refractivity contribution in [3.05, 3.63) is 36.5 Å². The van der Waals surface area contributed by atoms with Gasteiger partial charge in [0, 0.05) is 12.8 Å². The summed E-state index contributed by atoms with van der Waals surface area (Å²) < 4.78 is 22.1. The Bertz CT molecular complexity index is 1030. The first-order chi connectivity index (χ1) is 27.8. The van der Waals surface area contributed by atoms with E-state index in [4.69, 9.17) is 18.9 Å². The van der Waals surface area contributed by atoms with Crippen molar-refractivity contribution in [1.29, 1.82) is 0 Å². The predicted molar refractivity (Wildman–Crippen MR) is 229 cm³/mol. The van der Waals surface area contributed by atoms with Gasteiger partial charge in [0.25, 0.3) is 0 Å². The Kier molecular flexibility index (Phi) is 35.4. The summed E-state index contributed by atoms with van der Waals surface area (Å²) in [5, 5.41) is 40.1. The van der Waals surface area contributed by atoms with Crippen LogP contribution in [0.4, 0.5) is 0 Å². The van der Waals surface area contributed by atoms with Crippen molar-refractivity contribution in [1.82, 2.24) is 0 Å². The lowest BCUT2D eigenvalue weighted by Gasteiger charge is -2.39. The van der Waals surface area contributed by atoms with Crippen molar-refractivity contribution in [2.24, 2.45) is 0 Å². The third kappa shape index (κ3) is 29.7. The number of ether oxygens (including phenoxy) is 4. The zero-order valence-electron chi connectivity index (χ0n) is 36.1. The highest BCUT2D eigenvalue weighted by Crippen LogP contribution is 2.23. The van der Waals surface area contributed by atoms with E-state index < -0.39 is 55.4 Å². The molecule has 1 aliphatic rings. The number of aliphatic hydroxyl groups excluding tert-OH is 4. The SMILES string of the molecule is CCCCCCCC/C=C/C/C=C/C/C=C/CCCC(=O)OC[C@@H](CO[C@H]1O[C@@H](CO)[C@@H](O)C(O)C1O)OC(=O)CCCCCCCCCCCCCCCCC. The van der Waals surface area contributed by atoms with Gasteiger partial charge in [-0.1, -0.05) is 172 Å². The summed E-state index contributed by atoms with van der Waals surface area (Å²) in [5.74, 6) is -0.862. The van der Waals surface area contributed by atoms with Gasteiger partial charge in [-0.3, -0.25) is 9.59 Å². The number of hydrogen-bond acceptors (Lipinski definition) is 10. The predicted octanol–water partition coefficient (Wildman–Crippen LogP) is 9.89. The molecular weight excluding hydrogens is 725 g/mol. The van der Waals surface area contributed by atoms with Gasteiger partial charge in [0.1, 0.15) is 31.0 Å². The molecule has 4 N–H and O–H groups in total. The van der Waals surface area contributed by atoms with Gasteiger partial charge in [-0.25, -0.2) is 0 Å². The third-order valence-corrected chi connectivity index (χ3v) is 10.5. The summed E-state index contributed by atoms with van der Waals surface area (Å²) in [6, 6.07) is 0. The Morgan fingerprint density at radius 2 is 1.00 bits per heavy atom. The van der Waals surface area contributed by atoms with Crippen LogP contribution in [-0.2, 0) is 28.5 Å². The molecule has 2 unspecified atom stereocenters. The molecule has 1 aliphatic heterocycles. The number of unbranched alkanes of at least 4 members (excludes halogenated alkanes) is 21. The van der Waals surface area contributed by atoms with Gasteiger partial charge in [0.05, 0.1) is 13.2 Å². The molecule has 0 radical (unpaired) electrons. The fourth-order valence-electron chi connectivity index (χ4n) is 6.85. The molecule has 1 saturated heterocycles. The van der Waals surface area contributed by atoms with Gasteiger partial charge in [-0.15, -0.1) is 0 Å². The van der Waals surface area contributed by atoms with Crippen LogP contribution in [0.15, 0.2) is 36.5 Å². The maximum atomic E-state index is 12.8. The zero-order valence-corrected chi connectivity index (χ0v) is 36.1. The van der Waals surface area contributed by atoms with Gasteiger partial charge in [-0.2, -0.15) is 0 Å². The van der Waals surface area contributed by atoms with Crippen LogP contribution in [0.5, 0.6) is 0 Å². The Balaban J connectivity index is 2.36. The Hall–Kier alpha value is -2.08. The molecule has 10 nitrogen and oxygen atoms in total. The van der Waals surface area contributed by atoms with Gasteiger partial charge in [0.15, 0.2) is 12.4 Å². The van der Waals surface area contributed by atoms with Gasteiger partial charge < -0.3 is 39.4 Å². The van der Waals surface area contributed by atoms with Crippen molar-refractivity contribution in [2.45, 2.75) is 230 Å². The summed E-state index contributed by atoms with van der Waals surface area (Å²) in [6.45, 7) is 3.38. The van der Waals surface area contributed by atoms with Crippen molar-refractivity contribution < 1.29 is 49.0 Å². The first-order valence-electron chi connectivity index (χ1n) is 23.1. The molecule has 0 spiro atoms. The lowest BCUT2D eigenvalue weighted by atomic mass is 9.99. The highest BCUT2D eigenvalue weighted by atomic mass is 16.7. The normalized spacial score (nSPS) is 20.6. The van der Waals surface area contributed by atoms with Gasteiger partial charge in [0.2, 0.25) is 0 Å². The van der Waals surface area contributed by atoms with Crippen LogP contribution < -0.4 is 0 Å². The van der Waals surface area contributed by atoms with E-state index in [9.17, 15) is 30.0 Å². The number of hydrogen-bond donors (Lipinski definition) is 4. The van der Waals surface area contributed by atoms with E-state index in [1.807, 2.05) is 0 Å². The summed E-state index contributed by atoms with van der Waals surface area (Å²) >= 11 is 0. The highest BCUT2D eigenvalue weighted by Gasteiger charge is 2.44. The lowest BCUT2D eigenvalue weighted by Crippen LogP contribution is -2.59. The second-order valence-corrected chi connectivity index (χ2v) is 15.9. The number of rotatable bonds is 38. The molecule has 0 aromatic heterocycles. The fraction of sp³-hybridized carbons (Fsp3) is 0.830. The van der Waals surface area contributed by atoms with E-state index in [2.05, 4.69) is 50.3 Å². The van der Waals surface area contributed by atoms with E-state index >= 15 is 0 Å². The van der Waals surface area contributed by atoms with Crippen LogP contribution >= 0.6 is 0 Å². The molecule has 57 heavy (non-hydrogen) atoms. The Morgan fingerprint density at radius 1 is 0.544 bits per heavy atom. The zero-order chi connectivity index (χ0) is 41.6. The molecule has 1 fully saturated rings. The molecule has 1 rings (SSSR count). The molecule has 0 aromatic rings. The number of carbonyl (C=O) groups excluding carboxylic acids is 2. The minimum absolute atomic E-state index is 0.205. The number of carbonyl (C=O) groups is 2. The van der Waals surface area contributed by atoms with Crippen molar-refractivity contribution in [2.75, 3.05) is 19.8 Å². The summed E-state index contributed by atoms with van der Waals surface area (Å²) in [7, 11) is 0. The summed E-state index contributed by atoms with van der Waals surface area (Å²) in [4.78, 5) is 25.3. The fourth-order valence-corrected chi connectivity index (χ4v) is 6.85. The molecule has 6 atom stereocenters. The summed E-state index contributed by atoms with van der Waals surface area (Å²) in [5.41, 5.74) is 0. The Morgan fingerprint density at radius 3 is 1.53 bits per heavy atom. The molecule has 10 heteroatoms. The molecule has 0 aromatic carbocycles. The lowest BCUT2D eigenvalue weighted by molar-refractivity contribution is -0.305. The van der Waals surface area contributed by atoms with E-state index in [1.165, 1.54) is 109 Å². The molecule has 1 heterocycles. The molecule has 0 saturated carbocycles. The van der Waals surface area contributed by atoms with Crippen LogP contribution in [0.25, 0.3) is 0 Å². The first kappa shape index (κ1) is 52.9. The maximum absolute atomic E-state index is 12.8. The number of allylic oxidation sites excluding steroid dienone is 6. The minimum atomic E-state index is -1.60. The van der Waals surface area contributed by atoms with Crippen molar-refractivity contribution in [3.8, 4) is 0 Å². The van der Waals surface area contributed by atoms with Gasteiger partial charge in [-0.05, 0) is 44.9 Å². The maximum Gasteiger partial charge on any atom is 0.306 e. The van der Waals surface area contributed by atoms with E-state index in [0.29, 0.717) is 12.8 Å². The Labute approximate surface area is 346 Å². The molecule has 332 valence electrons. The first-order valence-corrected chi connectivity index (χ1v) is 23.1. The standard InChI is InChI=1S/C47H84O10/c1-3-5-7-9-11-13-15-17-19-20-22-23-25-27-29-31-33-35-42(49)54-38-40(39-55-47-46(53)45(52)44(51)41(37-48)57-47)56-43(50)36-34-32-30-28-26-24-21-18-16-14-12-10-8-6-4-2/h17,19,22-23,27,29,40-41,44-48,51-53H,3-16,18,20-21,24-26,28,30-39H2,1-2H3/b19-17+,23-22+,29-27+/t40-,41-,44+,45?,46?,47-/m0/s1. The monoisotopic (exact) mass is 809 g/mol. The van der Waals surface area contributed by atoms with Crippen LogP contribution in [-0.4, -0.2) is 89.0 Å². The highest BCUT2D eigenvalue weighted by molar-refractivity contribution is 5.70. The minimum Gasteiger partial charge on any atom is -0.462 e. The van der Waals surface area contributed by atoms with E-state index in [1.54, 1.807) is 0 Å².